The Balaban J connectivity index is 1.62. The molecule has 1 saturated carbocycles. The molecule has 0 N–H and O–H groups in total. The third-order valence-electron chi connectivity index (χ3n) is 6.70. The van der Waals surface area contributed by atoms with Crippen LogP contribution >= 0.6 is 12.2 Å². The van der Waals surface area contributed by atoms with Gasteiger partial charge in [-0.3, -0.25) is 9.69 Å². The lowest BCUT2D eigenvalue weighted by atomic mass is 9.93. The molecule has 174 valence electrons. The fraction of sp³-hybridized carbons (Fsp3) is 0.333. The summed E-state index contributed by atoms with van der Waals surface area (Å²) in [5.41, 5.74) is -0.846. The maximum absolute atomic E-state index is 13.8. The summed E-state index contributed by atoms with van der Waals surface area (Å²) in [7, 11) is 0. The lowest BCUT2D eigenvalue weighted by Crippen LogP contribution is -2.47. The normalized spacial score (nSPS) is 19.4. The minimum absolute atomic E-state index is 0.0309. The number of benzene rings is 2. The highest BCUT2D eigenvalue weighted by molar-refractivity contribution is 7.81. The van der Waals surface area contributed by atoms with Crippen LogP contribution in [0.15, 0.2) is 36.4 Å². The Labute approximate surface area is 198 Å². The van der Waals surface area contributed by atoms with Crippen molar-refractivity contribution in [2.24, 2.45) is 0 Å². The third-order valence-corrected chi connectivity index (χ3v) is 7.07. The number of rotatable bonds is 2. The summed E-state index contributed by atoms with van der Waals surface area (Å²) in [5.74, 6) is -0.799. The molecular formula is C24H18F3N3O3S. The van der Waals surface area contributed by atoms with E-state index >= 15 is 0 Å². The molecule has 2 aliphatic heterocycles. The minimum Gasteiger partial charge on any atom is -0.462 e. The summed E-state index contributed by atoms with van der Waals surface area (Å²) in [6, 6.07) is 9.85. The van der Waals surface area contributed by atoms with E-state index < -0.39 is 28.8 Å². The lowest BCUT2D eigenvalue weighted by molar-refractivity contribution is -0.137. The summed E-state index contributed by atoms with van der Waals surface area (Å²) in [4.78, 5) is 28.7. The molecule has 3 aliphatic rings. The van der Waals surface area contributed by atoms with E-state index in [1.807, 2.05) is 0 Å². The van der Waals surface area contributed by atoms with Gasteiger partial charge in [0, 0.05) is 12.1 Å². The van der Waals surface area contributed by atoms with E-state index in [1.165, 1.54) is 6.07 Å². The number of amides is 1. The number of hydrogen-bond donors (Lipinski definition) is 0. The fourth-order valence-electron chi connectivity index (χ4n) is 5.12. The molecule has 1 amide bonds. The molecule has 1 saturated heterocycles. The second-order valence-electron chi connectivity index (χ2n) is 8.56. The Morgan fingerprint density at radius 2 is 1.76 bits per heavy atom. The van der Waals surface area contributed by atoms with Crippen molar-refractivity contribution in [2.45, 2.75) is 43.8 Å². The second kappa shape index (κ2) is 7.81. The standard InChI is InChI=1S/C24H18F3N3O3S/c25-24(26,27)19-12-16(4-3-15(19)13-28)29-21(32)23(8-1-2-9-23)30(22(29)34)17-5-6-18-14(11-17)7-10-33-20(18)31/h3-6,11-12H,1-2,7-10H2. The molecule has 0 atom stereocenters. The van der Waals surface area contributed by atoms with Crippen LogP contribution in [-0.4, -0.2) is 29.1 Å². The average Bonchev–Trinajstić information content (AvgIpc) is 3.36. The van der Waals surface area contributed by atoms with Crippen LogP contribution in [0.1, 0.15) is 52.7 Å². The topological polar surface area (TPSA) is 73.6 Å². The van der Waals surface area contributed by atoms with Crippen molar-refractivity contribution < 1.29 is 27.5 Å². The number of nitriles is 1. The van der Waals surface area contributed by atoms with Crippen LogP contribution < -0.4 is 9.80 Å². The molecule has 2 aromatic rings. The summed E-state index contributed by atoms with van der Waals surface area (Å²) in [6.45, 7) is 0.251. The van der Waals surface area contributed by atoms with Crippen molar-refractivity contribution in [3.05, 3.63) is 58.7 Å². The Kier molecular flexibility index (Phi) is 5.13. The number of cyclic esters (lactones) is 1. The zero-order chi connectivity index (χ0) is 24.3. The maximum atomic E-state index is 13.8. The van der Waals surface area contributed by atoms with Crippen LogP contribution in [0.25, 0.3) is 0 Å². The van der Waals surface area contributed by atoms with Gasteiger partial charge in [-0.15, -0.1) is 0 Å². The van der Waals surface area contributed by atoms with E-state index in [1.54, 1.807) is 29.2 Å². The Hall–Kier alpha value is -3.45. The Morgan fingerprint density at radius 1 is 1.06 bits per heavy atom. The number of thiocarbonyl (C=S) groups is 1. The first kappa shape index (κ1) is 22.3. The number of halogens is 3. The number of hydrogen-bond acceptors (Lipinski definition) is 5. The molecule has 2 fully saturated rings. The molecule has 5 rings (SSSR count). The number of alkyl halides is 3. The van der Waals surface area contributed by atoms with Crippen molar-refractivity contribution in [1.82, 2.24) is 0 Å². The molecule has 10 heteroatoms. The van der Waals surface area contributed by atoms with Crippen molar-refractivity contribution in [3.8, 4) is 6.07 Å². The van der Waals surface area contributed by atoms with Crippen LogP contribution in [-0.2, 0) is 22.1 Å². The molecule has 0 radical (unpaired) electrons. The van der Waals surface area contributed by atoms with E-state index in [4.69, 9.17) is 22.2 Å². The molecular weight excluding hydrogens is 467 g/mol. The number of ether oxygens (including phenoxy) is 1. The summed E-state index contributed by atoms with van der Waals surface area (Å²) >= 11 is 5.68. The monoisotopic (exact) mass is 485 g/mol. The van der Waals surface area contributed by atoms with Gasteiger partial charge in [0.15, 0.2) is 5.11 Å². The molecule has 34 heavy (non-hydrogen) atoms. The number of carbonyl (C=O) groups is 2. The van der Waals surface area contributed by atoms with Gasteiger partial charge in [-0.2, -0.15) is 18.4 Å². The zero-order valence-corrected chi connectivity index (χ0v) is 18.6. The predicted molar refractivity (Wildman–Crippen MR) is 120 cm³/mol. The van der Waals surface area contributed by atoms with Gasteiger partial charge in [-0.05, 0) is 67.0 Å². The third kappa shape index (κ3) is 3.26. The first-order valence-electron chi connectivity index (χ1n) is 10.8. The van der Waals surface area contributed by atoms with Gasteiger partial charge >= 0.3 is 12.1 Å². The van der Waals surface area contributed by atoms with Crippen molar-refractivity contribution in [1.29, 1.82) is 5.26 Å². The van der Waals surface area contributed by atoms with E-state index in [0.29, 0.717) is 30.5 Å². The minimum atomic E-state index is -4.76. The number of nitrogens with zero attached hydrogens (tertiary/aromatic N) is 3. The van der Waals surface area contributed by atoms with Gasteiger partial charge < -0.3 is 9.64 Å². The predicted octanol–water partition coefficient (Wildman–Crippen LogP) is 4.74. The molecule has 0 unspecified atom stereocenters. The van der Waals surface area contributed by atoms with E-state index in [-0.39, 0.29) is 23.3 Å². The van der Waals surface area contributed by atoms with Crippen LogP contribution in [0.5, 0.6) is 0 Å². The highest BCUT2D eigenvalue weighted by atomic mass is 32.1. The van der Waals surface area contributed by atoms with Crippen LogP contribution in [0.3, 0.4) is 0 Å². The van der Waals surface area contributed by atoms with Crippen molar-refractivity contribution in [3.63, 3.8) is 0 Å². The van der Waals surface area contributed by atoms with Crippen LogP contribution in [0, 0.1) is 11.3 Å². The molecule has 1 aliphatic carbocycles. The zero-order valence-electron chi connectivity index (χ0n) is 17.8. The molecule has 6 nitrogen and oxygen atoms in total. The van der Waals surface area contributed by atoms with Crippen LogP contribution in [0.4, 0.5) is 24.5 Å². The van der Waals surface area contributed by atoms with E-state index in [9.17, 15) is 22.8 Å². The molecule has 2 aromatic carbocycles. The van der Waals surface area contributed by atoms with E-state index in [0.717, 1.165) is 35.4 Å². The van der Waals surface area contributed by atoms with Crippen LogP contribution in [0.2, 0.25) is 0 Å². The fourth-order valence-corrected chi connectivity index (χ4v) is 5.58. The molecule has 0 bridgehead atoms. The molecule has 2 heterocycles. The van der Waals surface area contributed by atoms with Crippen molar-refractivity contribution >= 4 is 40.6 Å². The first-order chi connectivity index (χ1) is 16.2. The lowest BCUT2D eigenvalue weighted by Gasteiger charge is -2.33. The highest BCUT2D eigenvalue weighted by Crippen LogP contribution is 2.47. The number of fused-ring (bicyclic) bond motifs is 1. The molecule has 0 aromatic heterocycles. The maximum Gasteiger partial charge on any atom is 0.417 e. The van der Waals surface area contributed by atoms with Gasteiger partial charge in [-0.25, -0.2) is 4.79 Å². The Bertz CT molecular complexity index is 1280. The average molecular weight is 485 g/mol. The Morgan fingerprint density at radius 3 is 2.44 bits per heavy atom. The van der Waals surface area contributed by atoms with Gasteiger partial charge in [0.05, 0.1) is 35.1 Å². The summed E-state index contributed by atoms with van der Waals surface area (Å²) < 4.78 is 45.8. The van der Waals surface area contributed by atoms with Gasteiger partial charge in [0.1, 0.15) is 5.54 Å². The van der Waals surface area contributed by atoms with E-state index in [2.05, 4.69) is 0 Å². The largest absolute Gasteiger partial charge is 0.462 e. The quantitative estimate of drug-likeness (QED) is 0.452. The highest BCUT2D eigenvalue weighted by Gasteiger charge is 2.57. The first-order valence-corrected chi connectivity index (χ1v) is 11.2. The molecule has 1 spiro atoms. The SMILES string of the molecule is N#Cc1ccc(N2C(=O)C3(CCCC3)N(c3ccc4c(c3)CCOC4=O)C2=S)cc1C(F)(F)F. The summed E-state index contributed by atoms with van der Waals surface area (Å²) in [5, 5.41) is 9.19. The van der Waals surface area contributed by atoms with Gasteiger partial charge in [0.2, 0.25) is 0 Å². The smallest absolute Gasteiger partial charge is 0.417 e. The van der Waals surface area contributed by atoms with Crippen molar-refractivity contribution in [2.75, 3.05) is 16.4 Å². The second-order valence-corrected chi connectivity index (χ2v) is 8.93. The van der Waals surface area contributed by atoms with Gasteiger partial charge in [0.25, 0.3) is 5.91 Å². The van der Waals surface area contributed by atoms with Gasteiger partial charge in [-0.1, -0.05) is 12.8 Å². The number of esters is 1. The summed E-state index contributed by atoms with van der Waals surface area (Å²) in [6.07, 6.45) is -1.68. The number of anilines is 2. The number of carbonyl (C=O) groups excluding carboxylic acids is 2.